The summed E-state index contributed by atoms with van der Waals surface area (Å²) in [7, 11) is 0. The highest BCUT2D eigenvalue weighted by molar-refractivity contribution is 7.13. The first-order valence-corrected chi connectivity index (χ1v) is 5.74. The van der Waals surface area contributed by atoms with Gasteiger partial charge in [0.05, 0.1) is 12.2 Å². The molecular weight excluding hydrogens is 222 g/mol. The maximum Gasteiger partial charge on any atom is 0.183 e. The average Bonchev–Trinajstić information content (AvgIpc) is 2.76. The molecule has 4 nitrogen and oxygen atoms in total. The van der Waals surface area contributed by atoms with Crippen LogP contribution in [0.1, 0.15) is 23.1 Å². The average molecular weight is 233 g/mol. The van der Waals surface area contributed by atoms with Crippen LogP contribution in [0, 0.1) is 0 Å². The number of nitrogens with zero attached hydrogens (tertiary/aromatic N) is 2. The summed E-state index contributed by atoms with van der Waals surface area (Å²) in [4.78, 5) is 19.4. The van der Waals surface area contributed by atoms with Crippen LogP contribution in [0.25, 0.3) is 0 Å². The molecule has 5 heteroatoms. The number of Topliss-reactive ketones (excluding diaryl/α,β-unsaturated/α-hetero) is 1. The van der Waals surface area contributed by atoms with Gasteiger partial charge < -0.3 is 5.32 Å². The molecule has 0 saturated carbocycles. The van der Waals surface area contributed by atoms with Crippen LogP contribution in [-0.4, -0.2) is 15.8 Å². The van der Waals surface area contributed by atoms with Crippen LogP contribution in [0.5, 0.6) is 0 Å². The minimum atomic E-state index is -0.0119. The van der Waals surface area contributed by atoms with Crippen LogP contribution in [0.4, 0.5) is 5.13 Å². The number of hydrogen-bond acceptors (Lipinski definition) is 5. The zero-order chi connectivity index (χ0) is 11.4. The van der Waals surface area contributed by atoms with Gasteiger partial charge in [-0.1, -0.05) is 6.07 Å². The SMILES string of the molecule is CC(=O)c1csc(NCc2ccccn2)n1. The molecule has 0 aliphatic carbocycles. The van der Waals surface area contributed by atoms with Crippen molar-refractivity contribution in [2.24, 2.45) is 0 Å². The maximum absolute atomic E-state index is 11.0. The summed E-state index contributed by atoms with van der Waals surface area (Å²) in [5, 5.41) is 5.63. The van der Waals surface area contributed by atoms with E-state index in [1.807, 2.05) is 18.2 Å². The van der Waals surface area contributed by atoms with E-state index in [9.17, 15) is 4.79 Å². The van der Waals surface area contributed by atoms with E-state index < -0.39 is 0 Å². The Balaban J connectivity index is 1.97. The molecule has 0 atom stereocenters. The molecule has 2 heterocycles. The number of thiazole rings is 1. The zero-order valence-corrected chi connectivity index (χ0v) is 9.62. The highest BCUT2D eigenvalue weighted by Gasteiger charge is 2.05. The first-order chi connectivity index (χ1) is 7.75. The monoisotopic (exact) mass is 233 g/mol. The van der Waals surface area contributed by atoms with Crippen molar-refractivity contribution in [3.05, 3.63) is 41.2 Å². The Morgan fingerprint density at radius 2 is 2.38 bits per heavy atom. The molecule has 2 aromatic rings. The van der Waals surface area contributed by atoms with E-state index in [0.717, 1.165) is 10.8 Å². The van der Waals surface area contributed by atoms with Crippen LogP contribution < -0.4 is 5.32 Å². The van der Waals surface area contributed by atoms with Crippen molar-refractivity contribution in [3.8, 4) is 0 Å². The molecular formula is C11H11N3OS. The molecule has 0 aliphatic heterocycles. The van der Waals surface area contributed by atoms with Gasteiger partial charge in [-0.25, -0.2) is 4.98 Å². The fourth-order valence-electron chi connectivity index (χ4n) is 1.19. The number of anilines is 1. The van der Waals surface area contributed by atoms with E-state index in [4.69, 9.17) is 0 Å². The van der Waals surface area contributed by atoms with Crippen molar-refractivity contribution in [2.75, 3.05) is 5.32 Å². The molecule has 0 aromatic carbocycles. The Kier molecular flexibility index (Phi) is 3.26. The summed E-state index contributed by atoms with van der Waals surface area (Å²) < 4.78 is 0. The minimum Gasteiger partial charge on any atom is -0.356 e. The first kappa shape index (κ1) is 10.8. The van der Waals surface area contributed by atoms with Gasteiger partial charge in [0.15, 0.2) is 10.9 Å². The largest absolute Gasteiger partial charge is 0.356 e. The third kappa shape index (κ3) is 2.64. The summed E-state index contributed by atoms with van der Waals surface area (Å²) in [5.41, 5.74) is 1.45. The van der Waals surface area contributed by atoms with E-state index in [2.05, 4.69) is 15.3 Å². The predicted molar refractivity (Wildman–Crippen MR) is 63.7 cm³/mol. The predicted octanol–water partition coefficient (Wildman–Crippen LogP) is 2.35. The Morgan fingerprint density at radius 1 is 1.50 bits per heavy atom. The van der Waals surface area contributed by atoms with Crippen molar-refractivity contribution in [2.45, 2.75) is 13.5 Å². The van der Waals surface area contributed by atoms with Crippen LogP contribution in [0.15, 0.2) is 29.8 Å². The number of aromatic nitrogens is 2. The van der Waals surface area contributed by atoms with E-state index >= 15 is 0 Å². The van der Waals surface area contributed by atoms with Gasteiger partial charge >= 0.3 is 0 Å². The van der Waals surface area contributed by atoms with Crippen LogP contribution in [-0.2, 0) is 6.54 Å². The van der Waals surface area contributed by atoms with Gasteiger partial charge in [0.1, 0.15) is 5.69 Å². The van der Waals surface area contributed by atoms with Crippen LogP contribution >= 0.6 is 11.3 Å². The van der Waals surface area contributed by atoms with Crippen molar-refractivity contribution in [1.29, 1.82) is 0 Å². The third-order valence-electron chi connectivity index (χ3n) is 2.01. The lowest BCUT2D eigenvalue weighted by Crippen LogP contribution is -2.01. The second-order valence-corrected chi connectivity index (χ2v) is 4.13. The number of carbonyl (C=O) groups is 1. The van der Waals surface area contributed by atoms with Gasteiger partial charge in [0, 0.05) is 18.5 Å². The number of ketones is 1. The maximum atomic E-state index is 11.0. The molecule has 16 heavy (non-hydrogen) atoms. The first-order valence-electron chi connectivity index (χ1n) is 4.86. The van der Waals surface area contributed by atoms with Gasteiger partial charge in [-0.15, -0.1) is 11.3 Å². The van der Waals surface area contributed by atoms with Gasteiger partial charge in [-0.3, -0.25) is 9.78 Å². The number of rotatable bonds is 4. The Labute approximate surface area is 97.4 Å². The standard InChI is InChI=1S/C11H11N3OS/c1-8(15)10-7-16-11(14-10)13-6-9-4-2-3-5-12-9/h2-5,7H,6H2,1H3,(H,13,14). The normalized spacial score (nSPS) is 10.1. The van der Waals surface area contributed by atoms with E-state index in [-0.39, 0.29) is 5.78 Å². The minimum absolute atomic E-state index is 0.0119. The van der Waals surface area contributed by atoms with Crippen LogP contribution in [0.2, 0.25) is 0 Å². The molecule has 1 N–H and O–H groups in total. The topological polar surface area (TPSA) is 54.9 Å². The third-order valence-corrected chi connectivity index (χ3v) is 2.81. The molecule has 0 radical (unpaired) electrons. The van der Waals surface area contributed by atoms with Crippen LogP contribution in [0.3, 0.4) is 0 Å². The number of carbonyl (C=O) groups excluding carboxylic acids is 1. The summed E-state index contributed by atoms with van der Waals surface area (Å²) in [5.74, 6) is -0.0119. The summed E-state index contributed by atoms with van der Waals surface area (Å²) in [6.07, 6.45) is 1.75. The lowest BCUT2D eigenvalue weighted by atomic mass is 10.3. The zero-order valence-electron chi connectivity index (χ0n) is 8.80. The number of nitrogens with one attached hydrogen (secondary N) is 1. The number of pyridine rings is 1. The van der Waals surface area contributed by atoms with Crippen molar-refractivity contribution >= 4 is 22.3 Å². The molecule has 0 saturated heterocycles. The molecule has 0 bridgehead atoms. The van der Waals surface area contributed by atoms with Gasteiger partial charge in [-0.2, -0.15) is 0 Å². The van der Waals surface area contributed by atoms with Gasteiger partial charge in [-0.05, 0) is 12.1 Å². The second-order valence-electron chi connectivity index (χ2n) is 3.27. The number of hydrogen-bond donors (Lipinski definition) is 1. The Morgan fingerprint density at radius 3 is 3.00 bits per heavy atom. The molecule has 0 aliphatic rings. The smallest absolute Gasteiger partial charge is 0.183 e. The van der Waals surface area contributed by atoms with Gasteiger partial charge in [0.25, 0.3) is 0 Å². The quantitative estimate of drug-likeness (QED) is 0.824. The highest BCUT2D eigenvalue weighted by Crippen LogP contribution is 2.16. The molecule has 0 fully saturated rings. The second kappa shape index (κ2) is 4.85. The molecule has 2 aromatic heterocycles. The van der Waals surface area contributed by atoms with E-state index in [0.29, 0.717) is 12.2 Å². The molecule has 2 rings (SSSR count). The van der Waals surface area contributed by atoms with Crippen molar-refractivity contribution in [3.63, 3.8) is 0 Å². The molecule has 0 spiro atoms. The van der Waals surface area contributed by atoms with Gasteiger partial charge in [0.2, 0.25) is 0 Å². The Bertz CT molecular complexity index is 481. The lowest BCUT2D eigenvalue weighted by Gasteiger charge is -2.00. The highest BCUT2D eigenvalue weighted by atomic mass is 32.1. The van der Waals surface area contributed by atoms with Crippen molar-refractivity contribution in [1.82, 2.24) is 9.97 Å². The van der Waals surface area contributed by atoms with E-state index in [1.54, 1.807) is 11.6 Å². The summed E-state index contributed by atoms with van der Waals surface area (Å²) in [6.45, 7) is 2.13. The molecule has 82 valence electrons. The molecule has 0 unspecified atom stereocenters. The summed E-state index contributed by atoms with van der Waals surface area (Å²) in [6, 6.07) is 5.75. The fraction of sp³-hybridized carbons (Fsp3) is 0.182. The molecule has 0 amide bonds. The van der Waals surface area contributed by atoms with E-state index in [1.165, 1.54) is 18.3 Å². The fourth-order valence-corrected chi connectivity index (χ4v) is 1.93. The van der Waals surface area contributed by atoms with Crippen molar-refractivity contribution < 1.29 is 4.79 Å². The lowest BCUT2D eigenvalue weighted by molar-refractivity contribution is 0.101. The Hall–Kier alpha value is -1.75. The summed E-state index contributed by atoms with van der Waals surface area (Å²) >= 11 is 1.43.